The van der Waals surface area contributed by atoms with E-state index in [1.165, 1.54) is 11.3 Å². The van der Waals surface area contributed by atoms with Crippen LogP contribution in [0.1, 0.15) is 18.6 Å². The first kappa shape index (κ1) is 20.6. The van der Waals surface area contributed by atoms with Crippen LogP contribution in [0.2, 0.25) is 0 Å². The highest BCUT2D eigenvalue weighted by molar-refractivity contribution is 7.22. The van der Waals surface area contributed by atoms with E-state index in [2.05, 4.69) is 32.7 Å². The molecule has 2 aromatic carbocycles. The van der Waals surface area contributed by atoms with Gasteiger partial charge in [0.1, 0.15) is 11.9 Å². The number of nitrogens with zero attached hydrogens (tertiary/aromatic N) is 2. The molecule has 4 rings (SSSR count). The van der Waals surface area contributed by atoms with Crippen LogP contribution < -0.4 is 15.4 Å². The molecule has 0 radical (unpaired) electrons. The van der Waals surface area contributed by atoms with E-state index in [0.717, 1.165) is 54.4 Å². The van der Waals surface area contributed by atoms with Gasteiger partial charge >= 0.3 is 6.03 Å². The first-order chi connectivity index (χ1) is 14.7. The molecule has 8 heteroatoms. The SMILES string of the molecule is CC(Oc1ccc2nc(NC(=O)NCCN3CCOCC3)sc2c1)c1ccccc1. The van der Waals surface area contributed by atoms with Crippen molar-refractivity contribution in [2.45, 2.75) is 13.0 Å². The predicted molar refractivity (Wildman–Crippen MR) is 119 cm³/mol. The zero-order chi connectivity index (χ0) is 20.8. The Morgan fingerprint density at radius 2 is 2.03 bits per heavy atom. The second-order valence-corrected chi connectivity index (χ2v) is 8.18. The Morgan fingerprint density at radius 3 is 2.83 bits per heavy atom. The van der Waals surface area contributed by atoms with Crippen molar-refractivity contribution in [1.82, 2.24) is 15.2 Å². The minimum atomic E-state index is -0.239. The van der Waals surface area contributed by atoms with Crippen molar-refractivity contribution < 1.29 is 14.3 Å². The second kappa shape index (κ2) is 9.88. The number of nitrogens with one attached hydrogen (secondary N) is 2. The summed E-state index contributed by atoms with van der Waals surface area (Å²) >= 11 is 1.43. The number of carbonyl (C=O) groups is 1. The minimum Gasteiger partial charge on any atom is -0.486 e. The number of morpholine rings is 1. The highest BCUT2D eigenvalue weighted by Crippen LogP contribution is 2.31. The predicted octanol–water partition coefficient (Wildman–Crippen LogP) is 3.89. The summed E-state index contributed by atoms with van der Waals surface area (Å²) in [6, 6.07) is 15.7. The van der Waals surface area contributed by atoms with Crippen molar-refractivity contribution >= 4 is 32.7 Å². The highest BCUT2D eigenvalue weighted by atomic mass is 32.1. The molecule has 1 aliphatic rings. The number of thiazole rings is 1. The number of hydrogen-bond acceptors (Lipinski definition) is 6. The van der Waals surface area contributed by atoms with Crippen molar-refractivity contribution in [3.63, 3.8) is 0 Å². The first-order valence-corrected chi connectivity index (χ1v) is 11.0. The number of fused-ring (bicyclic) bond motifs is 1. The van der Waals surface area contributed by atoms with E-state index in [-0.39, 0.29) is 12.1 Å². The van der Waals surface area contributed by atoms with E-state index in [0.29, 0.717) is 11.7 Å². The van der Waals surface area contributed by atoms with Gasteiger partial charge in [0.2, 0.25) is 0 Å². The lowest BCUT2D eigenvalue weighted by Gasteiger charge is -2.26. The third kappa shape index (κ3) is 5.47. The summed E-state index contributed by atoms with van der Waals surface area (Å²) in [5.74, 6) is 0.781. The van der Waals surface area contributed by atoms with Gasteiger partial charge in [0.05, 0.1) is 23.4 Å². The molecule has 1 aliphatic heterocycles. The van der Waals surface area contributed by atoms with Gasteiger partial charge in [0.25, 0.3) is 0 Å². The van der Waals surface area contributed by atoms with Crippen molar-refractivity contribution in [3.05, 3.63) is 54.1 Å². The Hall–Kier alpha value is -2.68. The number of hydrogen-bond donors (Lipinski definition) is 2. The monoisotopic (exact) mass is 426 g/mol. The summed E-state index contributed by atoms with van der Waals surface area (Å²) in [7, 11) is 0. The molecule has 1 aromatic heterocycles. The number of carbonyl (C=O) groups excluding carboxylic acids is 1. The molecule has 158 valence electrons. The van der Waals surface area contributed by atoms with Crippen LogP contribution in [0.3, 0.4) is 0 Å². The Kier molecular flexibility index (Phi) is 6.78. The third-order valence-electron chi connectivity index (χ3n) is 4.98. The number of benzene rings is 2. The lowest BCUT2D eigenvalue weighted by molar-refractivity contribution is 0.0388. The van der Waals surface area contributed by atoms with Gasteiger partial charge in [0, 0.05) is 26.2 Å². The van der Waals surface area contributed by atoms with Crippen LogP contribution in [0.4, 0.5) is 9.93 Å². The number of aromatic nitrogens is 1. The standard InChI is InChI=1S/C22H26N4O3S/c1-16(17-5-3-2-4-6-17)29-18-7-8-19-20(15-18)30-22(24-19)25-21(27)23-9-10-26-11-13-28-14-12-26/h2-8,15-16H,9-14H2,1H3,(H2,23,24,25,27). The molecule has 30 heavy (non-hydrogen) atoms. The molecular formula is C22H26N4O3S. The zero-order valence-electron chi connectivity index (χ0n) is 17.0. The lowest BCUT2D eigenvalue weighted by atomic mass is 10.1. The van der Waals surface area contributed by atoms with Crippen LogP contribution >= 0.6 is 11.3 Å². The van der Waals surface area contributed by atoms with Gasteiger partial charge in [-0.3, -0.25) is 10.2 Å². The summed E-state index contributed by atoms with van der Waals surface area (Å²) in [5, 5.41) is 6.29. The molecule has 0 aliphatic carbocycles. The highest BCUT2D eigenvalue weighted by Gasteiger charge is 2.12. The molecular weight excluding hydrogens is 400 g/mol. The van der Waals surface area contributed by atoms with Gasteiger partial charge < -0.3 is 14.8 Å². The maximum absolute atomic E-state index is 12.2. The van der Waals surface area contributed by atoms with Gasteiger partial charge in [-0.15, -0.1) is 0 Å². The smallest absolute Gasteiger partial charge is 0.321 e. The fourth-order valence-electron chi connectivity index (χ4n) is 3.32. The van der Waals surface area contributed by atoms with E-state index < -0.39 is 0 Å². The van der Waals surface area contributed by atoms with Crippen molar-refractivity contribution in [1.29, 1.82) is 0 Å². The van der Waals surface area contributed by atoms with Crippen LogP contribution in [-0.2, 0) is 4.74 Å². The maximum Gasteiger partial charge on any atom is 0.321 e. The normalized spacial score (nSPS) is 15.6. The summed E-state index contributed by atoms with van der Waals surface area (Å²) in [4.78, 5) is 18.9. The number of ether oxygens (including phenoxy) is 2. The Balaban J connectivity index is 1.31. The molecule has 1 fully saturated rings. The number of amides is 2. The molecule has 3 aromatic rings. The number of rotatable bonds is 7. The van der Waals surface area contributed by atoms with E-state index >= 15 is 0 Å². The zero-order valence-corrected chi connectivity index (χ0v) is 17.8. The molecule has 7 nitrogen and oxygen atoms in total. The maximum atomic E-state index is 12.2. The van der Waals surface area contributed by atoms with Crippen LogP contribution in [-0.4, -0.2) is 55.3 Å². The first-order valence-electron chi connectivity index (χ1n) is 10.1. The van der Waals surface area contributed by atoms with Crippen molar-refractivity contribution in [2.24, 2.45) is 0 Å². The van der Waals surface area contributed by atoms with Gasteiger partial charge in [-0.1, -0.05) is 41.7 Å². The van der Waals surface area contributed by atoms with Gasteiger partial charge in [0.15, 0.2) is 5.13 Å². The number of urea groups is 1. The van der Waals surface area contributed by atoms with Gasteiger partial charge in [-0.2, -0.15) is 0 Å². The molecule has 0 spiro atoms. The van der Waals surface area contributed by atoms with Crippen molar-refractivity contribution in [3.8, 4) is 5.75 Å². The molecule has 2 amide bonds. The summed E-state index contributed by atoms with van der Waals surface area (Å²) in [6.07, 6.45) is -0.0496. The van der Waals surface area contributed by atoms with E-state index in [9.17, 15) is 4.79 Å². The molecule has 1 unspecified atom stereocenters. The average molecular weight is 427 g/mol. The molecule has 1 atom stereocenters. The topological polar surface area (TPSA) is 75.7 Å². The van der Waals surface area contributed by atoms with E-state index in [4.69, 9.17) is 9.47 Å². The number of anilines is 1. The summed E-state index contributed by atoms with van der Waals surface area (Å²) in [6.45, 7) is 6.77. The fourth-order valence-corrected chi connectivity index (χ4v) is 4.21. The Morgan fingerprint density at radius 1 is 1.23 bits per heavy atom. The summed E-state index contributed by atoms with van der Waals surface area (Å²) in [5.41, 5.74) is 1.96. The van der Waals surface area contributed by atoms with E-state index in [1.807, 2.05) is 43.3 Å². The molecule has 0 saturated carbocycles. The Bertz CT molecular complexity index is 973. The molecule has 2 N–H and O–H groups in total. The second-order valence-electron chi connectivity index (χ2n) is 7.15. The summed E-state index contributed by atoms with van der Waals surface area (Å²) < 4.78 is 12.4. The van der Waals surface area contributed by atoms with Crippen LogP contribution in [0, 0.1) is 0 Å². The van der Waals surface area contributed by atoms with Crippen LogP contribution in [0.5, 0.6) is 5.75 Å². The fraction of sp³-hybridized carbons (Fsp3) is 0.364. The minimum absolute atomic E-state index is 0.0496. The third-order valence-corrected chi connectivity index (χ3v) is 5.91. The molecule has 2 heterocycles. The average Bonchev–Trinajstić information content (AvgIpc) is 3.16. The van der Waals surface area contributed by atoms with Crippen molar-refractivity contribution in [2.75, 3.05) is 44.7 Å². The van der Waals surface area contributed by atoms with Gasteiger partial charge in [-0.25, -0.2) is 9.78 Å². The lowest BCUT2D eigenvalue weighted by Crippen LogP contribution is -2.42. The largest absolute Gasteiger partial charge is 0.486 e. The van der Waals surface area contributed by atoms with Gasteiger partial charge in [-0.05, 0) is 30.7 Å². The molecule has 1 saturated heterocycles. The Labute approximate surface area is 180 Å². The van der Waals surface area contributed by atoms with E-state index in [1.54, 1.807) is 0 Å². The van der Waals surface area contributed by atoms with Crippen LogP contribution in [0.15, 0.2) is 48.5 Å². The molecule has 0 bridgehead atoms. The van der Waals surface area contributed by atoms with Crippen LogP contribution in [0.25, 0.3) is 10.2 Å². The quantitative estimate of drug-likeness (QED) is 0.600.